The van der Waals surface area contributed by atoms with Crippen molar-refractivity contribution < 1.29 is 17.9 Å². The average molecular weight is 387 g/mol. The first-order valence-electron chi connectivity index (χ1n) is 8.69. The quantitative estimate of drug-likeness (QED) is 0.564. The fraction of sp³-hybridized carbons (Fsp3) is 0.238. The van der Waals surface area contributed by atoms with Gasteiger partial charge in [-0.25, -0.2) is 8.78 Å². The lowest BCUT2D eigenvalue weighted by molar-refractivity contribution is 0.413. The molecule has 0 amide bonds. The van der Waals surface area contributed by atoms with Crippen LogP contribution in [-0.2, 0) is 6.54 Å². The fourth-order valence-corrected chi connectivity index (χ4v) is 4.68. The Morgan fingerprint density at radius 3 is 2.81 bits per heavy atom. The molecular weight excluding hydrogens is 368 g/mol. The summed E-state index contributed by atoms with van der Waals surface area (Å²) in [4.78, 5) is 3.28. The predicted molar refractivity (Wildman–Crippen MR) is 102 cm³/mol. The standard InChI is InChI=1S/C21H19F2NO2S/c1-25-16-3-5-19-21(11-16)27-20(17-4-2-15(22)10-18(17)23)6-8-24(19)12-14-7-9-26-13-14/h2-5,7,9-11,13,20H,6,8,12H2,1H3. The van der Waals surface area contributed by atoms with Gasteiger partial charge in [-0.2, -0.15) is 0 Å². The molecule has 3 nitrogen and oxygen atoms in total. The molecule has 2 heterocycles. The van der Waals surface area contributed by atoms with Crippen molar-refractivity contribution in [2.45, 2.75) is 23.1 Å². The van der Waals surface area contributed by atoms with Crippen LogP contribution in [0.15, 0.2) is 64.3 Å². The normalized spacial score (nSPS) is 16.7. The third-order valence-electron chi connectivity index (χ3n) is 4.70. The maximum absolute atomic E-state index is 14.4. The first-order chi connectivity index (χ1) is 13.1. The van der Waals surface area contributed by atoms with Gasteiger partial charge in [0, 0.05) is 40.4 Å². The van der Waals surface area contributed by atoms with Gasteiger partial charge in [-0.15, -0.1) is 11.8 Å². The number of halogens is 2. The molecule has 0 saturated heterocycles. The molecule has 1 atom stereocenters. The summed E-state index contributed by atoms with van der Waals surface area (Å²) in [7, 11) is 1.63. The Bertz CT molecular complexity index is 930. The van der Waals surface area contributed by atoms with Gasteiger partial charge in [0.1, 0.15) is 17.4 Å². The van der Waals surface area contributed by atoms with Crippen molar-refractivity contribution in [2.75, 3.05) is 18.6 Å². The number of fused-ring (bicyclic) bond motifs is 1. The molecule has 27 heavy (non-hydrogen) atoms. The minimum absolute atomic E-state index is 0.106. The zero-order chi connectivity index (χ0) is 18.8. The molecule has 0 bridgehead atoms. The molecule has 0 aliphatic carbocycles. The Morgan fingerprint density at radius 1 is 1.19 bits per heavy atom. The number of rotatable bonds is 4. The van der Waals surface area contributed by atoms with Crippen LogP contribution in [-0.4, -0.2) is 13.7 Å². The van der Waals surface area contributed by atoms with Crippen LogP contribution in [0.1, 0.15) is 22.8 Å². The molecule has 0 radical (unpaired) electrons. The van der Waals surface area contributed by atoms with Crippen LogP contribution in [0.3, 0.4) is 0 Å². The van der Waals surface area contributed by atoms with E-state index in [1.165, 1.54) is 6.07 Å². The van der Waals surface area contributed by atoms with E-state index in [1.54, 1.807) is 37.5 Å². The lowest BCUT2D eigenvalue weighted by atomic mass is 10.1. The van der Waals surface area contributed by atoms with E-state index in [-0.39, 0.29) is 5.25 Å². The summed E-state index contributed by atoms with van der Waals surface area (Å²) in [5.74, 6) is -0.302. The molecule has 140 valence electrons. The first-order valence-corrected chi connectivity index (χ1v) is 9.57. The van der Waals surface area contributed by atoms with E-state index in [9.17, 15) is 8.78 Å². The number of hydrogen-bond donors (Lipinski definition) is 0. The van der Waals surface area contributed by atoms with Crippen molar-refractivity contribution in [2.24, 2.45) is 0 Å². The zero-order valence-corrected chi connectivity index (χ0v) is 15.6. The smallest absolute Gasteiger partial charge is 0.130 e. The fourth-order valence-electron chi connectivity index (χ4n) is 3.33. The van der Waals surface area contributed by atoms with Crippen LogP contribution in [0.5, 0.6) is 5.75 Å². The molecule has 1 unspecified atom stereocenters. The van der Waals surface area contributed by atoms with Crippen molar-refractivity contribution in [3.8, 4) is 5.75 Å². The molecule has 1 aliphatic heterocycles. The van der Waals surface area contributed by atoms with Crippen LogP contribution in [0, 0.1) is 11.6 Å². The highest BCUT2D eigenvalue weighted by Crippen LogP contribution is 2.47. The van der Waals surface area contributed by atoms with Crippen LogP contribution < -0.4 is 9.64 Å². The second-order valence-corrected chi connectivity index (χ2v) is 7.69. The maximum atomic E-state index is 14.4. The van der Waals surface area contributed by atoms with Crippen molar-refractivity contribution in [3.63, 3.8) is 0 Å². The van der Waals surface area contributed by atoms with E-state index in [4.69, 9.17) is 9.15 Å². The maximum Gasteiger partial charge on any atom is 0.130 e. The van der Waals surface area contributed by atoms with Gasteiger partial charge >= 0.3 is 0 Å². The zero-order valence-electron chi connectivity index (χ0n) is 14.8. The van der Waals surface area contributed by atoms with Crippen LogP contribution in [0.2, 0.25) is 0 Å². The minimum Gasteiger partial charge on any atom is -0.497 e. The summed E-state index contributed by atoms with van der Waals surface area (Å²) >= 11 is 1.59. The van der Waals surface area contributed by atoms with E-state index < -0.39 is 11.6 Å². The van der Waals surface area contributed by atoms with Gasteiger partial charge < -0.3 is 14.1 Å². The number of anilines is 1. The molecule has 0 saturated carbocycles. The second-order valence-electron chi connectivity index (χ2n) is 6.45. The summed E-state index contributed by atoms with van der Waals surface area (Å²) in [6.45, 7) is 1.45. The Labute approximate surface area is 160 Å². The average Bonchev–Trinajstić information content (AvgIpc) is 3.10. The lowest BCUT2D eigenvalue weighted by Gasteiger charge is -2.24. The van der Waals surface area contributed by atoms with Gasteiger partial charge in [0.25, 0.3) is 0 Å². The Kier molecular flexibility index (Phi) is 5.07. The highest BCUT2D eigenvalue weighted by Gasteiger charge is 2.26. The van der Waals surface area contributed by atoms with E-state index in [2.05, 4.69) is 4.90 Å². The molecule has 3 aromatic rings. The summed E-state index contributed by atoms with van der Waals surface area (Å²) < 4.78 is 38.3. The molecular formula is C21H19F2NO2S. The Balaban J connectivity index is 1.70. The lowest BCUT2D eigenvalue weighted by Crippen LogP contribution is -2.23. The molecule has 0 N–H and O–H groups in total. The molecule has 1 aromatic heterocycles. The van der Waals surface area contributed by atoms with Gasteiger partial charge in [0.2, 0.25) is 0 Å². The van der Waals surface area contributed by atoms with Crippen molar-refractivity contribution in [3.05, 3.63) is 77.8 Å². The summed E-state index contributed by atoms with van der Waals surface area (Å²) in [6.07, 6.45) is 4.13. The molecule has 0 spiro atoms. The van der Waals surface area contributed by atoms with Crippen molar-refractivity contribution in [1.82, 2.24) is 0 Å². The van der Waals surface area contributed by atoms with E-state index in [0.29, 0.717) is 12.1 Å². The topological polar surface area (TPSA) is 25.6 Å². The molecule has 6 heteroatoms. The Morgan fingerprint density at radius 2 is 2.07 bits per heavy atom. The molecule has 0 fully saturated rings. The van der Waals surface area contributed by atoms with Gasteiger partial charge in [-0.3, -0.25) is 0 Å². The van der Waals surface area contributed by atoms with E-state index >= 15 is 0 Å². The molecule has 4 rings (SSSR count). The van der Waals surface area contributed by atoms with Gasteiger partial charge in [-0.05, 0) is 36.8 Å². The largest absolute Gasteiger partial charge is 0.497 e. The second kappa shape index (κ2) is 7.64. The highest BCUT2D eigenvalue weighted by atomic mass is 32.2. The number of methoxy groups -OCH3 is 1. The highest BCUT2D eigenvalue weighted by molar-refractivity contribution is 7.99. The third-order valence-corrected chi connectivity index (χ3v) is 6.06. The number of nitrogens with zero attached hydrogens (tertiary/aromatic N) is 1. The number of furan rings is 1. The van der Waals surface area contributed by atoms with Crippen LogP contribution >= 0.6 is 11.8 Å². The number of hydrogen-bond acceptors (Lipinski definition) is 4. The number of ether oxygens (including phenoxy) is 1. The first kappa shape index (κ1) is 17.9. The van der Waals surface area contributed by atoms with Crippen molar-refractivity contribution >= 4 is 17.4 Å². The number of benzene rings is 2. The third kappa shape index (κ3) is 3.81. The predicted octanol–water partition coefficient (Wildman–Crippen LogP) is 5.81. The Hall–Kier alpha value is -2.47. The molecule has 2 aromatic carbocycles. The monoisotopic (exact) mass is 387 g/mol. The van der Waals surface area contributed by atoms with Crippen LogP contribution in [0.25, 0.3) is 0 Å². The van der Waals surface area contributed by atoms with Gasteiger partial charge in [-0.1, -0.05) is 6.07 Å². The number of thioether (sulfide) groups is 1. The minimum atomic E-state index is -0.557. The summed E-state index contributed by atoms with van der Waals surface area (Å²) in [5, 5.41) is -0.106. The summed E-state index contributed by atoms with van der Waals surface area (Å²) in [6, 6.07) is 11.7. The molecule has 1 aliphatic rings. The van der Waals surface area contributed by atoms with E-state index in [1.807, 2.05) is 24.3 Å². The van der Waals surface area contributed by atoms with Crippen LogP contribution in [0.4, 0.5) is 14.5 Å². The van der Waals surface area contributed by atoms with Gasteiger partial charge in [0.15, 0.2) is 0 Å². The van der Waals surface area contributed by atoms with Gasteiger partial charge in [0.05, 0.1) is 25.3 Å². The SMILES string of the molecule is COc1ccc2c(c1)SC(c1ccc(F)cc1F)CCN2Cc1ccoc1. The van der Waals surface area contributed by atoms with Crippen molar-refractivity contribution in [1.29, 1.82) is 0 Å². The summed E-state index contributed by atoms with van der Waals surface area (Å²) in [5.41, 5.74) is 2.68. The van der Waals surface area contributed by atoms with E-state index in [0.717, 1.165) is 40.9 Å².